The zero-order valence-corrected chi connectivity index (χ0v) is 11.1. The topological polar surface area (TPSA) is 24.1 Å². The molecule has 1 aliphatic heterocycles. The van der Waals surface area contributed by atoms with E-state index in [2.05, 4.69) is 23.6 Å². The lowest BCUT2D eigenvalue weighted by atomic mass is 9.99. The molecule has 17 heavy (non-hydrogen) atoms. The highest BCUT2D eigenvalue weighted by molar-refractivity contribution is 6.30. The van der Waals surface area contributed by atoms with Crippen LogP contribution in [0.4, 0.5) is 0 Å². The Balaban J connectivity index is 1.82. The summed E-state index contributed by atoms with van der Waals surface area (Å²) in [7, 11) is 0. The molecule has 2 N–H and O–H groups in total. The molecule has 0 saturated carbocycles. The second kappa shape index (κ2) is 6.39. The second-order valence-corrected chi connectivity index (χ2v) is 5.33. The summed E-state index contributed by atoms with van der Waals surface area (Å²) in [5.41, 5.74) is 1.27. The number of hydrogen-bond acceptors (Lipinski definition) is 2. The third-order valence-corrected chi connectivity index (χ3v) is 3.70. The predicted molar refractivity (Wildman–Crippen MR) is 73.5 cm³/mol. The van der Waals surface area contributed by atoms with E-state index in [0.717, 1.165) is 24.0 Å². The van der Waals surface area contributed by atoms with Gasteiger partial charge in [-0.15, -0.1) is 0 Å². The van der Waals surface area contributed by atoms with Gasteiger partial charge in [0.25, 0.3) is 0 Å². The fourth-order valence-corrected chi connectivity index (χ4v) is 2.53. The van der Waals surface area contributed by atoms with Gasteiger partial charge in [-0.25, -0.2) is 0 Å². The average Bonchev–Trinajstić information content (AvgIpc) is 2.37. The van der Waals surface area contributed by atoms with Crippen LogP contribution in [0.5, 0.6) is 0 Å². The molecule has 2 atom stereocenters. The number of hydrogen-bond donors (Lipinski definition) is 2. The molecule has 0 aromatic heterocycles. The monoisotopic (exact) mass is 252 g/mol. The van der Waals surface area contributed by atoms with Crippen molar-refractivity contribution in [1.29, 1.82) is 0 Å². The van der Waals surface area contributed by atoms with E-state index in [4.69, 9.17) is 11.6 Å². The molecular weight excluding hydrogens is 232 g/mol. The maximum Gasteiger partial charge on any atom is 0.0409 e. The van der Waals surface area contributed by atoms with Crippen molar-refractivity contribution in [3.05, 3.63) is 34.9 Å². The van der Waals surface area contributed by atoms with Crippen molar-refractivity contribution in [2.75, 3.05) is 19.6 Å². The fraction of sp³-hybridized carbons (Fsp3) is 0.571. The van der Waals surface area contributed by atoms with E-state index in [9.17, 15) is 0 Å². The summed E-state index contributed by atoms with van der Waals surface area (Å²) in [5.74, 6) is 0.769. The van der Waals surface area contributed by atoms with Crippen LogP contribution in [0.2, 0.25) is 5.02 Å². The first-order valence-electron chi connectivity index (χ1n) is 6.45. The van der Waals surface area contributed by atoms with Gasteiger partial charge in [0, 0.05) is 11.1 Å². The molecule has 0 radical (unpaired) electrons. The van der Waals surface area contributed by atoms with Crippen LogP contribution >= 0.6 is 11.6 Å². The van der Waals surface area contributed by atoms with E-state index in [-0.39, 0.29) is 0 Å². The second-order valence-electron chi connectivity index (χ2n) is 4.90. The standard InChI is InChI=1S/C14H21ClN2/c1-11(13-5-2-6-14(15)8-13)17-10-12-4-3-7-16-9-12/h2,5-6,8,11-12,16-17H,3-4,7,9-10H2,1H3/t11-,12-/m0/s1. The minimum atomic E-state index is 0.371. The van der Waals surface area contributed by atoms with E-state index in [1.165, 1.54) is 24.9 Å². The Hall–Kier alpha value is -0.570. The molecule has 2 nitrogen and oxygen atoms in total. The summed E-state index contributed by atoms with van der Waals surface area (Å²) in [6.45, 7) is 5.61. The van der Waals surface area contributed by atoms with E-state index < -0.39 is 0 Å². The number of nitrogens with one attached hydrogen (secondary N) is 2. The van der Waals surface area contributed by atoms with Crippen molar-refractivity contribution < 1.29 is 0 Å². The smallest absolute Gasteiger partial charge is 0.0409 e. The van der Waals surface area contributed by atoms with E-state index >= 15 is 0 Å². The van der Waals surface area contributed by atoms with Gasteiger partial charge in [-0.05, 0) is 63.0 Å². The Morgan fingerprint density at radius 2 is 2.41 bits per heavy atom. The van der Waals surface area contributed by atoms with Gasteiger partial charge in [-0.1, -0.05) is 23.7 Å². The summed E-state index contributed by atoms with van der Waals surface area (Å²) in [6, 6.07) is 8.47. The minimum Gasteiger partial charge on any atom is -0.316 e. The summed E-state index contributed by atoms with van der Waals surface area (Å²) in [6.07, 6.45) is 2.64. The number of rotatable bonds is 4. The van der Waals surface area contributed by atoms with Gasteiger partial charge in [0.2, 0.25) is 0 Å². The van der Waals surface area contributed by atoms with Crippen LogP contribution in [0.1, 0.15) is 31.4 Å². The highest BCUT2D eigenvalue weighted by Gasteiger charge is 2.14. The molecule has 3 heteroatoms. The summed E-state index contributed by atoms with van der Waals surface area (Å²) in [4.78, 5) is 0. The molecule has 1 heterocycles. The lowest BCUT2D eigenvalue weighted by Gasteiger charge is -2.25. The van der Waals surface area contributed by atoms with E-state index in [0.29, 0.717) is 6.04 Å². The van der Waals surface area contributed by atoms with Crippen LogP contribution in [0.25, 0.3) is 0 Å². The van der Waals surface area contributed by atoms with Crippen molar-refractivity contribution in [2.24, 2.45) is 5.92 Å². The average molecular weight is 253 g/mol. The zero-order valence-electron chi connectivity index (χ0n) is 10.4. The normalized spacial score (nSPS) is 22.4. The van der Waals surface area contributed by atoms with E-state index in [1.807, 2.05) is 18.2 Å². The first kappa shape index (κ1) is 12.9. The third-order valence-electron chi connectivity index (χ3n) is 3.46. The van der Waals surface area contributed by atoms with Gasteiger partial charge < -0.3 is 10.6 Å². The molecule has 0 bridgehead atoms. The van der Waals surface area contributed by atoms with Crippen LogP contribution in [0.3, 0.4) is 0 Å². The largest absolute Gasteiger partial charge is 0.316 e. The molecule has 0 amide bonds. The van der Waals surface area contributed by atoms with Gasteiger partial charge in [-0.3, -0.25) is 0 Å². The Kier molecular flexibility index (Phi) is 4.84. The fourth-order valence-electron chi connectivity index (χ4n) is 2.34. The molecule has 1 aromatic carbocycles. The van der Waals surface area contributed by atoms with Crippen molar-refractivity contribution in [3.8, 4) is 0 Å². The maximum absolute atomic E-state index is 6.00. The van der Waals surface area contributed by atoms with Crippen LogP contribution in [-0.2, 0) is 0 Å². The van der Waals surface area contributed by atoms with Crippen molar-refractivity contribution in [3.63, 3.8) is 0 Å². The van der Waals surface area contributed by atoms with Gasteiger partial charge in [0.05, 0.1) is 0 Å². The van der Waals surface area contributed by atoms with E-state index in [1.54, 1.807) is 0 Å². The Morgan fingerprint density at radius 3 is 3.12 bits per heavy atom. The molecule has 94 valence electrons. The number of halogens is 1. The molecule has 2 rings (SSSR count). The number of piperidine rings is 1. The maximum atomic E-state index is 6.00. The highest BCUT2D eigenvalue weighted by Crippen LogP contribution is 2.18. The van der Waals surface area contributed by atoms with Crippen molar-refractivity contribution >= 4 is 11.6 Å². The Morgan fingerprint density at radius 1 is 1.53 bits per heavy atom. The molecule has 1 aliphatic rings. The van der Waals surface area contributed by atoms with Crippen molar-refractivity contribution in [1.82, 2.24) is 10.6 Å². The van der Waals surface area contributed by atoms with Crippen LogP contribution in [0, 0.1) is 5.92 Å². The Bertz CT molecular complexity index is 348. The SMILES string of the molecule is C[C@H](NC[C@H]1CCCNC1)c1cccc(Cl)c1. The summed E-state index contributed by atoms with van der Waals surface area (Å²) >= 11 is 6.00. The lowest BCUT2D eigenvalue weighted by Crippen LogP contribution is -2.36. The summed E-state index contributed by atoms with van der Waals surface area (Å²) in [5, 5.41) is 7.86. The van der Waals surface area contributed by atoms with Gasteiger partial charge in [0.1, 0.15) is 0 Å². The molecule has 0 aliphatic carbocycles. The first-order valence-corrected chi connectivity index (χ1v) is 6.83. The lowest BCUT2D eigenvalue weighted by molar-refractivity contribution is 0.348. The Labute approximate surface area is 109 Å². The molecule has 0 spiro atoms. The highest BCUT2D eigenvalue weighted by atomic mass is 35.5. The quantitative estimate of drug-likeness (QED) is 0.861. The van der Waals surface area contributed by atoms with Crippen molar-refractivity contribution in [2.45, 2.75) is 25.8 Å². The van der Waals surface area contributed by atoms with Crippen LogP contribution < -0.4 is 10.6 Å². The predicted octanol–water partition coefficient (Wildman–Crippen LogP) is 2.99. The van der Waals surface area contributed by atoms with Crippen LogP contribution in [-0.4, -0.2) is 19.6 Å². The third kappa shape index (κ3) is 3.98. The zero-order chi connectivity index (χ0) is 12.1. The van der Waals surface area contributed by atoms with Gasteiger partial charge in [-0.2, -0.15) is 0 Å². The van der Waals surface area contributed by atoms with Gasteiger partial charge in [0.15, 0.2) is 0 Å². The molecular formula is C14H21ClN2. The molecule has 1 fully saturated rings. The van der Waals surface area contributed by atoms with Gasteiger partial charge >= 0.3 is 0 Å². The molecule has 1 aromatic rings. The first-order chi connectivity index (χ1) is 8.25. The molecule has 1 saturated heterocycles. The number of benzene rings is 1. The van der Waals surface area contributed by atoms with Crippen LogP contribution in [0.15, 0.2) is 24.3 Å². The minimum absolute atomic E-state index is 0.371. The molecule has 0 unspecified atom stereocenters. The summed E-state index contributed by atoms with van der Waals surface area (Å²) < 4.78 is 0.